The second-order valence-corrected chi connectivity index (χ2v) is 1.16. The van der Waals surface area contributed by atoms with Gasteiger partial charge in [-0.25, -0.2) is 0 Å². The van der Waals surface area contributed by atoms with Crippen LogP contribution in [0.5, 0.6) is 0 Å². The highest BCUT2D eigenvalue weighted by Gasteiger charge is 1.81. The average Bonchev–Trinajstić information content (AvgIpc) is 1.77. The van der Waals surface area contributed by atoms with Gasteiger partial charge in [-0.05, 0) is 5.21 Å². The molecule has 0 aromatic carbocycles. The first-order valence-corrected chi connectivity index (χ1v) is 1.91. The van der Waals surface area contributed by atoms with Gasteiger partial charge < -0.3 is 5.21 Å². The molecule has 0 fully saturated rings. The third-order valence-corrected chi connectivity index (χ3v) is 0.585. The molecule has 0 radical (unpaired) electrons. The van der Waals surface area contributed by atoms with Crippen molar-refractivity contribution in [2.45, 2.75) is 0 Å². The van der Waals surface area contributed by atoms with Gasteiger partial charge in [-0.15, -0.1) is 0 Å². The molecule has 0 atom stereocenters. The molecule has 0 saturated heterocycles. The Balaban J connectivity index is 3.22. The van der Waals surface area contributed by atoms with Crippen LogP contribution in [-0.2, 0) is 0 Å². The summed E-state index contributed by atoms with van der Waals surface area (Å²) in [6.07, 6.45) is 1.11. The molecule has 0 bridgehead atoms. The maximum Gasteiger partial charge on any atom is 0.291 e. The molecule has 5 nitrogen and oxygen atoms in total. The molecule has 0 spiro atoms. The summed E-state index contributed by atoms with van der Waals surface area (Å²) in [4.78, 5) is 10.6. The predicted molar refractivity (Wildman–Crippen MR) is 23.5 cm³/mol. The number of aromatic nitrogens is 3. The third-order valence-electron chi connectivity index (χ3n) is 0.585. The summed E-state index contributed by atoms with van der Waals surface area (Å²) in [6.45, 7) is 0. The lowest BCUT2D eigenvalue weighted by molar-refractivity contribution is 0.133. The van der Waals surface area contributed by atoms with E-state index >= 15 is 0 Å². The summed E-state index contributed by atoms with van der Waals surface area (Å²) in [5.41, 5.74) is -0.463. The number of rotatable bonds is 0. The first kappa shape index (κ1) is 4.76. The summed E-state index contributed by atoms with van der Waals surface area (Å²) in [5, 5.41) is 14.3. The zero-order valence-corrected chi connectivity index (χ0v) is 3.85. The molecule has 1 rings (SSSR count). The lowest BCUT2D eigenvalue weighted by Crippen LogP contribution is -2.11. The lowest BCUT2D eigenvalue weighted by atomic mass is 10.7. The molecule has 8 heavy (non-hydrogen) atoms. The second kappa shape index (κ2) is 1.61. The molecule has 0 aliphatic rings. The smallest absolute Gasteiger partial charge is 0.291 e. The van der Waals surface area contributed by atoms with Crippen molar-refractivity contribution in [2.24, 2.45) is 0 Å². The molecule has 0 saturated carbocycles. The summed E-state index contributed by atoms with van der Waals surface area (Å²) < 4.78 is 0. The van der Waals surface area contributed by atoms with E-state index in [-0.39, 0.29) is 0 Å². The summed E-state index contributed by atoms with van der Waals surface area (Å²) in [7, 11) is 0. The number of hydrogen-bond donors (Lipinski definition) is 1. The molecular weight excluding hydrogens is 110 g/mol. The zero-order valence-electron chi connectivity index (χ0n) is 3.85. The fraction of sp³-hybridized carbons (Fsp3) is 0. The topological polar surface area (TPSA) is 68.0 Å². The van der Waals surface area contributed by atoms with Gasteiger partial charge in [0.15, 0.2) is 0 Å². The van der Waals surface area contributed by atoms with Gasteiger partial charge in [0, 0.05) is 6.07 Å². The van der Waals surface area contributed by atoms with Gasteiger partial charge in [0.1, 0.15) is 0 Å². The van der Waals surface area contributed by atoms with Crippen LogP contribution in [0.2, 0.25) is 0 Å². The van der Waals surface area contributed by atoms with Crippen molar-refractivity contribution in [3.8, 4) is 0 Å². The Morgan fingerprint density at radius 1 is 1.75 bits per heavy atom. The van der Waals surface area contributed by atoms with Crippen molar-refractivity contribution in [1.82, 2.24) is 15.2 Å². The van der Waals surface area contributed by atoms with Gasteiger partial charge in [0.2, 0.25) is 0 Å². The fourth-order valence-electron chi connectivity index (χ4n) is 0.283. The monoisotopic (exact) mass is 113 g/mol. The fourth-order valence-corrected chi connectivity index (χ4v) is 0.283. The van der Waals surface area contributed by atoms with Crippen LogP contribution in [0.25, 0.3) is 0 Å². The summed E-state index contributed by atoms with van der Waals surface area (Å²) in [6, 6.07) is 1.10. The molecule has 1 aromatic rings. The Hall–Kier alpha value is -1.39. The van der Waals surface area contributed by atoms with Gasteiger partial charge in [0.05, 0.1) is 6.20 Å². The lowest BCUT2D eigenvalue weighted by Gasteiger charge is -1.85. The van der Waals surface area contributed by atoms with E-state index in [1.165, 1.54) is 0 Å². The van der Waals surface area contributed by atoms with E-state index in [0.717, 1.165) is 12.3 Å². The van der Waals surface area contributed by atoms with E-state index in [4.69, 9.17) is 5.21 Å². The minimum atomic E-state index is -0.463. The van der Waals surface area contributed by atoms with Gasteiger partial charge in [-0.1, -0.05) is 9.94 Å². The molecule has 0 aliphatic heterocycles. The maximum absolute atomic E-state index is 10.1. The third kappa shape index (κ3) is 0.810. The van der Waals surface area contributed by atoms with E-state index in [9.17, 15) is 4.79 Å². The van der Waals surface area contributed by atoms with Crippen LogP contribution in [0, 0.1) is 0 Å². The van der Waals surface area contributed by atoms with Crippen molar-refractivity contribution in [3.63, 3.8) is 0 Å². The summed E-state index contributed by atoms with van der Waals surface area (Å²) in [5.74, 6) is 0. The van der Waals surface area contributed by atoms with Crippen LogP contribution in [0.4, 0.5) is 0 Å². The van der Waals surface area contributed by atoms with Crippen LogP contribution in [0.1, 0.15) is 0 Å². The molecule has 1 aromatic heterocycles. The standard InChI is InChI=1S/C3H3N3O2/c7-3-1-2-6(8)5-4-3/h1-2,8H. The van der Waals surface area contributed by atoms with Crippen LogP contribution in [-0.4, -0.2) is 20.4 Å². The normalized spacial score (nSPS) is 9.00. The number of hydrogen-bond acceptors (Lipinski definition) is 4. The van der Waals surface area contributed by atoms with Crippen LogP contribution in [0.3, 0.4) is 0 Å². The van der Waals surface area contributed by atoms with Gasteiger partial charge in [0.25, 0.3) is 5.56 Å². The van der Waals surface area contributed by atoms with Crippen molar-refractivity contribution >= 4 is 0 Å². The Bertz CT molecular complexity index is 210. The molecule has 1 N–H and O–H groups in total. The first-order chi connectivity index (χ1) is 3.79. The minimum Gasteiger partial charge on any atom is -0.411 e. The molecule has 1 heterocycles. The highest BCUT2D eigenvalue weighted by molar-refractivity contribution is 4.73. The highest BCUT2D eigenvalue weighted by Crippen LogP contribution is 1.61. The predicted octanol–water partition coefficient (Wildman–Crippen LogP) is -1.12. The van der Waals surface area contributed by atoms with Crippen molar-refractivity contribution in [3.05, 3.63) is 22.6 Å². The summed E-state index contributed by atoms with van der Waals surface area (Å²) >= 11 is 0. The van der Waals surface area contributed by atoms with E-state index in [2.05, 4.69) is 10.3 Å². The Kier molecular flexibility index (Phi) is 0.957. The highest BCUT2D eigenvalue weighted by atomic mass is 16.5. The SMILES string of the molecule is O=c1ccn(O)nn1. The average molecular weight is 113 g/mol. The van der Waals surface area contributed by atoms with Gasteiger partial charge in [-0.2, -0.15) is 0 Å². The molecule has 0 amide bonds. The van der Waals surface area contributed by atoms with E-state index in [1.807, 2.05) is 0 Å². The Morgan fingerprint density at radius 3 is 2.88 bits per heavy atom. The van der Waals surface area contributed by atoms with Crippen LogP contribution < -0.4 is 5.56 Å². The van der Waals surface area contributed by atoms with Gasteiger partial charge in [-0.3, -0.25) is 4.79 Å². The van der Waals surface area contributed by atoms with Crippen molar-refractivity contribution in [2.75, 3.05) is 0 Å². The Morgan fingerprint density at radius 2 is 2.50 bits per heavy atom. The van der Waals surface area contributed by atoms with Gasteiger partial charge >= 0.3 is 0 Å². The van der Waals surface area contributed by atoms with Crippen molar-refractivity contribution < 1.29 is 5.21 Å². The molecular formula is C3H3N3O2. The maximum atomic E-state index is 10.1. The molecule has 5 heteroatoms. The second-order valence-electron chi connectivity index (χ2n) is 1.16. The molecule has 0 unspecified atom stereocenters. The van der Waals surface area contributed by atoms with Crippen molar-refractivity contribution in [1.29, 1.82) is 0 Å². The Labute approximate surface area is 44.1 Å². The van der Waals surface area contributed by atoms with E-state index in [1.54, 1.807) is 0 Å². The molecule has 0 aliphatic carbocycles. The van der Waals surface area contributed by atoms with Crippen LogP contribution >= 0.6 is 0 Å². The van der Waals surface area contributed by atoms with E-state index < -0.39 is 5.56 Å². The van der Waals surface area contributed by atoms with E-state index in [0.29, 0.717) is 4.85 Å². The quantitative estimate of drug-likeness (QED) is 0.432. The zero-order chi connectivity index (χ0) is 5.98. The largest absolute Gasteiger partial charge is 0.411 e. The minimum absolute atomic E-state index is 0.460. The first-order valence-electron chi connectivity index (χ1n) is 1.91. The molecule has 42 valence electrons. The number of nitrogens with zero attached hydrogens (tertiary/aromatic N) is 3. The van der Waals surface area contributed by atoms with Crippen LogP contribution in [0.15, 0.2) is 17.1 Å².